The fourth-order valence-corrected chi connectivity index (χ4v) is 2.18. The van der Waals surface area contributed by atoms with Crippen LogP contribution < -0.4 is 10.6 Å². The number of benzene rings is 1. The van der Waals surface area contributed by atoms with E-state index in [1.165, 1.54) is 11.1 Å². The Morgan fingerprint density at radius 3 is 2.79 bits per heavy atom. The summed E-state index contributed by atoms with van der Waals surface area (Å²) in [6.07, 6.45) is 2.57. The second kappa shape index (κ2) is 11.9. The number of guanidine groups is 1. The number of nitrogens with zero attached hydrogens (tertiary/aromatic N) is 1. The summed E-state index contributed by atoms with van der Waals surface area (Å²) in [5, 5.41) is 6.59. The van der Waals surface area contributed by atoms with Crippen LogP contribution in [-0.2, 0) is 17.9 Å². The van der Waals surface area contributed by atoms with Gasteiger partial charge < -0.3 is 19.8 Å². The molecule has 24 heavy (non-hydrogen) atoms. The van der Waals surface area contributed by atoms with Crippen LogP contribution >= 0.6 is 24.0 Å². The highest BCUT2D eigenvalue weighted by molar-refractivity contribution is 14.0. The Labute approximate surface area is 160 Å². The standard InChI is InChI=1S/C18H25N3O2.HI/c1-15-6-3-7-16(12-15)13-21-18(19-2)20-9-5-10-22-14-17-8-4-11-23-17;/h3-4,6-8,11-12H,5,9-10,13-14H2,1-2H3,(H2,19,20,21);1H. The molecule has 0 spiro atoms. The average Bonchev–Trinajstić information content (AvgIpc) is 3.07. The second-order valence-corrected chi connectivity index (χ2v) is 5.33. The van der Waals surface area contributed by atoms with Crippen LogP contribution in [0.15, 0.2) is 52.1 Å². The fraction of sp³-hybridized carbons (Fsp3) is 0.389. The van der Waals surface area contributed by atoms with Crippen molar-refractivity contribution in [1.82, 2.24) is 10.6 Å². The lowest BCUT2D eigenvalue weighted by Crippen LogP contribution is -2.37. The van der Waals surface area contributed by atoms with E-state index in [4.69, 9.17) is 9.15 Å². The maximum atomic E-state index is 5.54. The Hall–Kier alpha value is -1.54. The molecule has 6 heteroatoms. The molecule has 0 aliphatic heterocycles. The quantitative estimate of drug-likeness (QED) is 0.284. The van der Waals surface area contributed by atoms with Crippen LogP contribution in [0.1, 0.15) is 23.3 Å². The first kappa shape index (κ1) is 20.5. The molecule has 0 radical (unpaired) electrons. The van der Waals surface area contributed by atoms with Crippen LogP contribution in [0.5, 0.6) is 0 Å². The molecular weight excluding hydrogens is 417 g/mol. The van der Waals surface area contributed by atoms with Gasteiger partial charge in [0.1, 0.15) is 12.4 Å². The lowest BCUT2D eigenvalue weighted by molar-refractivity contribution is 0.105. The van der Waals surface area contributed by atoms with Gasteiger partial charge in [-0.3, -0.25) is 4.99 Å². The Kier molecular flexibility index (Phi) is 10.2. The largest absolute Gasteiger partial charge is 0.467 e. The highest BCUT2D eigenvalue weighted by atomic mass is 127. The molecule has 0 fully saturated rings. The predicted molar refractivity (Wildman–Crippen MR) is 108 cm³/mol. The van der Waals surface area contributed by atoms with E-state index >= 15 is 0 Å². The molecule has 0 saturated heterocycles. The molecule has 2 rings (SSSR count). The lowest BCUT2D eigenvalue weighted by Gasteiger charge is -2.12. The van der Waals surface area contributed by atoms with Gasteiger partial charge in [-0.05, 0) is 31.0 Å². The third-order valence-corrected chi connectivity index (χ3v) is 3.35. The smallest absolute Gasteiger partial charge is 0.191 e. The van der Waals surface area contributed by atoms with E-state index in [1.54, 1.807) is 13.3 Å². The molecule has 1 aromatic heterocycles. The Balaban J connectivity index is 0.00000288. The van der Waals surface area contributed by atoms with E-state index in [0.29, 0.717) is 13.2 Å². The van der Waals surface area contributed by atoms with E-state index in [9.17, 15) is 0 Å². The molecule has 1 heterocycles. The molecule has 2 N–H and O–H groups in total. The van der Waals surface area contributed by atoms with Crippen molar-refractivity contribution >= 4 is 29.9 Å². The average molecular weight is 443 g/mol. The van der Waals surface area contributed by atoms with Gasteiger partial charge in [0.2, 0.25) is 0 Å². The maximum Gasteiger partial charge on any atom is 0.191 e. The molecule has 2 aromatic rings. The lowest BCUT2D eigenvalue weighted by atomic mass is 10.1. The number of furan rings is 1. The highest BCUT2D eigenvalue weighted by Crippen LogP contribution is 2.03. The van der Waals surface area contributed by atoms with Crippen LogP contribution in [-0.4, -0.2) is 26.2 Å². The summed E-state index contributed by atoms with van der Waals surface area (Å²) in [5.41, 5.74) is 2.51. The molecule has 0 aliphatic rings. The Morgan fingerprint density at radius 2 is 2.08 bits per heavy atom. The van der Waals surface area contributed by atoms with Crippen molar-refractivity contribution in [2.45, 2.75) is 26.5 Å². The minimum Gasteiger partial charge on any atom is -0.467 e. The van der Waals surface area contributed by atoms with Crippen LogP contribution in [0, 0.1) is 6.92 Å². The van der Waals surface area contributed by atoms with E-state index in [-0.39, 0.29) is 24.0 Å². The van der Waals surface area contributed by atoms with Crippen molar-refractivity contribution in [3.8, 4) is 0 Å². The van der Waals surface area contributed by atoms with Crippen molar-refractivity contribution in [3.63, 3.8) is 0 Å². The molecule has 1 aromatic carbocycles. The van der Waals surface area contributed by atoms with Crippen molar-refractivity contribution in [1.29, 1.82) is 0 Å². The molecule has 0 aliphatic carbocycles. The number of ether oxygens (including phenoxy) is 1. The third-order valence-electron chi connectivity index (χ3n) is 3.35. The molecular formula is C18H26IN3O2. The minimum absolute atomic E-state index is 0. The van der Waals surface area contributed by atoms with Gasteiger partial charge in [0.05, 0.1) is 6.26 Å². The molecule has 0 unspecified atom stereocenters. The fourth-order valence-electron chi connectivity index (χ4n) is 2.18. The minimum atomic E-state index is 0. The van der Waals surface area contributed by atoms with Gasteiger partial charge >= 0.3 is 0 Å². The maximum absolute atomic E-state index is 5.54. The first-order chi connectivity index (χ1) is 11.3. The van der Waals surface area contributed by atoms with Gasteiger partial charge in [0.25, 0.3) is 0 Å². The molecule has 0 amide bonds. The number of hydrogen-bond donors (Lipinski definition) is 2. The number of nitrogens with one attached hydrogen (secondary N) is 2. The van der Waals surface area contributed by atoms with Crippen LogP contribution in [0.3, 0.4) is 0 Å². The van der Waals surface area contributed by atoms with Gasteiger partial charge in [-0.15, -0.1) is 24.0 Å². The van der Waals surface area contributed by atoms with Crippen LogP contribution in [0.4, 0.5) is 0 Å². The molecule has 5 nitrogen and oxygen atoms in total. The monoisotopic (exact) mass is 443 g/mol. The zero-order valence-electron chi connectivity index (χ0n) is 14.2. The Bertz CT molecular complexity index is 600. The summed E-state index contributed by atoms with van der Waals surface area (Å²) in [6.45, 7) is 4.87. The first-order valence-corrected chi connectivity index (χ1v) is 7.88. The summed E-state index contributed by atoms with van der Waals surface area (Å²) in [6, 6.07) is 12.2. The van der Waals surface area contributed by atoms with Crippen molar-refractivity contribution in [3.05, 3.63) is 59.5 Å². The van der Waals surface area contributed by atoms with Crippen LogP contribution in [0.25, 0.3) is 0 Å². The van der Waals surface area contributed by atoms with E-state index in [0.717, 1.165) is 31.2 Å². The van der Waals surface area contributed by atoms with E-state index in [2.05, 4.69) is 46.8 Å². The first-order valence-electron chi connectivity index (χ1n) is 7.88. The molecule has 0 saturated carbocycles. The predicted octanol–water partition coefficient (Wildman–Crippen LogP) is 3.48. The van der Waals surface area contributed by atoms with Gasteiger partial charge in [0.15, 0.2) is 5.96 Å². The highest BCUT2D eigenvalue weighted by Gasteiger charge is 1.99. The van der Waals surface area contributed by atoms with E-state index in [1.807, 2.05) is 12.1 Å². The van der Waals surface area contributed by atoms with Crippen molar-refractivity contribution in [2.75, 3.05) is 20.2 Å². The summed E-state index contributed by atoms with van der Waals surface area (Å²) >= 11 is 0. The van der Waals surface area contributed by atoms with Crippen molar-refractivity contribution < 1.29 is 9.15 Å². The topological polar surface area (TPSA) is 58.8 Å². The normalized spacial score (nSPS) is 11.0. The van der Waals surface area contributed by atoms with Gasteiger partial charge in [-0.25, -0.2) is 0 Å². The summed E-state index contributed by atoms with van der Waals surface area (Å²) in [5.74, 6) is 1.66. The SMILES string of the molecule is CN=C(NCCCOCc1ccco1)NCc1cccc(C)c1.I. The second-order valence-electron chi connectivity index (χ2n) is 5.33. The molecule has 0 atom stereocenters. The number of halogens is 1. The summed E-state index contributed by atoms with van der Waals surface area (Å²) < 4.78 is 10.8. The number of hydrogen-bond acceptors (Lipinski definition) is 3. The molecule has 0 bridgehead atoms. The molecule has 132 valence electrons. The van der Waals surface area contributed by atoms with Crippen molar-refractivity contribution in [2.24, 2.45) is 4.99 Å². The number of rotatable bonds is 8. The number of aliphatic imine (C=N–C) groups is 1. The van der Waals surface area contributed by atoms with Gasteiger partial charge in [-0.2, -0.15) is 0 Å². The third kappa shape index (κ3) is 7.83. The number of aryl methyl sites for hydroxylation is 1. The van der Waals surface area contributed by atoms with Gasteiger partial charge in [0, 0.05) is 26.7 Å². The van der Waals surface area contributed by atoms with E-state index < -0.39 is 0 Å². The summed E-state index contributed by atoms with van der Waals surface area (Å²) in [4.78, 5) is 4.22. The van der Waals surface area contributed by atoms with Crippen LogP contribution in [0.2, 0.25) is 0 Å². The summed E-state index contributed by atoms with van der Waals surface area (Å²) in [7, 11) is 1.78. The zero-order chi connectivity index (χ0) is 16.3. The Morgan fingerprint density at radius 1 is 1.21 bits per heavy atom. The zero-order valence-corrected chi connectivity index (χ0v) is 16.6. The van der Waals surface area contributed by atoms with Gasteiger partial charge in [-0.1, -0.05) is 29.8 Å².